The van der Waals surface area contributed by atoms with Gasteiger partial charge in [-0.1, -0.05) is 12.1 Å². The van der Waals surface area contributed by atoms with Crippen LogP contribution in [0.2, 0.25) is 0 Å². The van der Waals surface area contributed by atoms with Crippen LogP contribution in [0.15, 0.2) is 23.5 Å². The Morgan fingerprint density at radius 1 is 1.48 bits per heavy atom. The summed E-state index contributed by atoms with van der Waals surface area (Å²) in [6, 6.07) is 2.97. The van der Waals surface area contributed by atoms with Crippen LogP contribution in [0.1, 0.15) is 29.4 Å². The molecule has 8 nitrogen and oxygen atoms in total. The fraction of sp³-hybridized carbons (Fsp3) is 0.385. The molecule has 0 fully saturated rings. The van der Waals surface area contributed by atoms with Crippen molar-refractivity contribution in [3.8, 4) is 0 Å². The zero-order valence-electron chi connectivity index (χ0n) is 12.0. The minimum Gasteiger partial charge on any atom is -0.409 e. The predicted molar refractivity (Wildman–Crippen MR) is 77.0 cm³/mol. The number of likely N-dealkylation sites (N-methyl/N-ethyl adjacent to an activating group) is 1. The van der Waals surface area contributed by atoms with Gasteiger partial charge in [-0.2, -0.15) is 0 Å². The first-order valence-electron chi connectivity index (χ1n) is 6.45. The lowest BCUT2D eigenvalue weighted by atomic mass is 10.2. The van der Waals surface area contributed by atoms with E-state index >= 15 is 0 Å². The second-order valence-electron chi connectivity index (χ2n) is 4.43. The molecule has 2 amide bonds. The summed E-state index contributed by atoms with van der Waals surface area (Å²) >= 11 is 0. The maximum atomic E-state index is 12.1. The van der Waals surface area contributed by atoms with Crippen molar-refractivity contribution in [1.82, 2.24) is 15.2 Å². The van der Waals surface area contributed by atoms with Crippen molar-refractivity contribution in [1.29, 1.82) is 0 Å². The van der Waals surface area contributed by atoms with E-state index in [-0.39, 0.29) is 29.9 Å². The summed E-state index contributed by atoms with van der Waals surface area (Å²) in [7, 11) is 1.52. The first kappa shape index (κ1) is 16.4. The number of rotatable bonds is 6. The molecule has 1 aromatic rings. The molecule has 21 heavy (non-hydrogen) atoms. The highest BCUT2D eigenvalue weighted by Crippen LogP contribution is 2.03. The van der Waals surface area contributed by atoms with Gasteiger partial charge in [0.15, 0.2) is 5.84 Å². The van der Waals surface area contributed by atoms with Gasteiger partial charge < -0.3 is 21.2 Å². The van der Waals surface area contributed by atoms with E-state index < -0.39 is 0 Å². The van der Waals surface area contributed by atoms with Crippen molar-refractivity contribution >= 4 is 17.6 Å². The van der Waals surface area contributed by atoms with Gasteiger partial charge in [-0.25, -0.2) is 0 Å². The monoisotopic (exact) mass is 293 g/mol. The fourth-order valence-corrected chi connectivity index (χ4v) is 1.53. The molecule has 8 heteroatoms. The Bertz CT molecular complexity index is 527. The molecular formula is C13H19N5O3. The molecule has 0 aliphatic carbocycles. The van der Waals surface area contributed by atoms with Crippen LogP contribution in [0.3, 0.4) is 0 Å². The lowest BCUT2D eigenvalue weighted by Crippen LogP contribution is -2.38. The van der Waals surface area contributed by atoms with Gasteiger partial charge in [0.2, 0.25) is 5.91 Å². The average molecular weight is 293 g/mol. The van der Waals surface area contributed by atoms with Gasteiger partial charge in [0.25, 0.3) is 5.91 Å². The largest absolute Gasteiger partial charge is 0.409 e. The Labute approximate surface area is 122 Å². The minimum absolute atomic E-state index is 0.0392. The quantitative estimate of drug-likeness (QED) is 0.290. The summed E-state index contributed by atoms with van der Waals surface area (Å²) in [5, 5.41) is 14.1. The third-order valence-corrected chi connectivity index (χ3v) is 2.69. The van der Waals surface area contributed by atoms with Gasteiger partial charge in [-0.05, 0) is 18.6 Å². The second-order valence-corrected chi connectivity index (χ2v) is 4.43. The van der Waals surface area contributed by atoms with Crippen molar-refractivity contribution < 1.29 is 14.8 Å². The summed E-state index contributed by atoms with van der Waals surface area (Å²) in [5.41, 5.74) is 5.98. The molecule has 114 valence electrons. The minimum atomic E-state index is -0.382. The number of amides is 2. The third-order valence-electron chi connectivity index (χ3n) is 2.69. The number of amidine groups is 1. The zero-order chi connectivity index (χ0) is 15.8. The molecule has 0 aromatic carbocycles. The first-order valence-corrected chi connectivity index (χ1v) is 6.45. The topological polar surface area (TPSA) is 121 Å². The van der Waals surface area contributed by atoms with E-state index in [0.717, 1.165) is 6.42 Å². The number of hydrogen-bond acceptors (Lipinski definition) is 5. The molecule has 0 saturated heterocycles. The standard InChI is InChI=1S/C13H19N5O3/c1-3-6-15-11(19)8-18(2)13(20)10-5-4-9(7-16-10)12(14)17-21/h4-5,7,21H,3,6,8H2,1-2H3,(H2,14,17)(H,15,19). The molecule has 0 bridgehead atoms. The van der Waals surface area contributed by atoms with Crippen LogP contribution < -0.4 is 11.1 Å². The Morgan fingerprint density at radius 2 is 2.19 bits per heavy atom. The van der Waals surface area contributed by atoms with Crippen molar-refractivity contribution in [2.24, 2.45) is 10.9 Å². The second kappa shape index (κ2) is 7.83. The van der Waals surface area contributed by atoms with E-state index in [2.05, 4.69) is 15.5 Å². The number of nitrogens with zero attached hydrogens (tertiary/aromatic N) is 3. The number of carbonyl (C=O) groups excluding carboxylic acids is 2. The molecule has 1 heterocycles. The molecule has 1 rings (SSSR count). The highest BCUT2D eigenvalue weighted by atomic mass is 16.4. The molecule has 0 radical (unpaired) electrons. The van der Waals surface area contributed by atoms with Crippen LogP contribution in [0.5, 0.6) is 0 Å². The number of carbonyl (C=O) groups is 2. The summed E-state index contributed by atoms with van der Waals surface area (Å²) < 4.78 is 0. The van der Waals surface area contributed by atoms with Gasteiger partial charge in [0.05, 0.1) is 6.54 Å². The van der Waals surface area contributed by atoms with E-state index in [1.165, 1.54) is 30.3 Å². The fourth-order valence-electron chi connectivity index (χ4n) is 1.53. The molecule has 0 spiro atoms. The number of oxime groups is 1. The summed E-state index contributed by atoms with van der Waals surface area (Å²) in [6.45, 7) is 2.48. The molecular weight excluding hydrogens is 274 g/mol. The average Bonchev–Trinajstić information content (AvgIpc) is 2.51. The molecule has 0 aliphatic heterocycles. The molecule has 1 aromatic heterocycles. The summed E-state index contributed by atoms with van der Waals surface area (Å²) in [6.07, 6.45) is 2.16. The van der Waals surface area contributed by atoms with E-state index in [0.29, 0.717) is 12.1 Å². The van der Waals surface area contributed by atoms with Crippen LogP contribution in [-0.4, -0.2) is 52.9 Å². The van der Waals surface area contributed by atoms with Gasteiger partial charge in [0, 0.05) is 25.4 Å². The Balaban J connectivity index is 2.68. The number of nitrogens with one attached hydrogen (secondary N) is 1. The Hall–Kier alpha value is -2.64. The van der Waals surface area contributed by atoms with Gasteiger partial charge in [-0.3, -0.25) is 14.6 Å². The van der Waals surface area contributed by atoms with Crippen LogP contribution in [0, 0.1) is 0 Å². The van der Waals surface area contributed by atoms with Crippen LogP contribution >= 0.6 is 0 Å². The number of hydrogen-bond donors (Lipinski definition) is 3. The van der Waals surface area contributed by atoms with Gasteiger partial charge in [-0.15, -0.1) is 0 Å². The predicted octanol–water partition coefficient (Wildman–Crippen LogP) is -0.226. The third kappa shape index (κ3) is 4.75. The zero-order valence-corrected chi connectivity index (χ0v) is 12.0. The van der Waals surface area contributed by atoms with Crippen molar-refractivity contribution in [3.63, 3.8) is 0 Å². The van der Waals surface area contributed by atoms with Crippen molar-refractivity contribution in [3.05, 3.63) is 29.6 Å². The first-order chi connectivity index (χ1) is 9.99. The molecule has 0 saturated carbocycles. The van der Waals surface area contributed by atoms with Crippen LogP contribution in [0.25, 0.3) is 0 Å². The molecule has 0 unspecified atom stereocenters. The maximum Gasteiger partial charge on any atom is 0.272 e. The molecule has 0 atom stereocenters. The van der Waals surface area contributed by atoms with E-state index in [9.17, 15) is 9.59 Å². The summed E-state index contributed by atoms with van der Waals surface area (Å²) in [4.78, 5) is 28.8. The highest BCUT2D eigenvalue weighted by Gasteiger charge is 2.16. The molecule has 4 N–H and O–H groups in total. The van der Waals surface area contributed by atoms with Crippen molar-refractivity contribution in [2.75, 3.05) is 20.1 Å². The normalized spacial score (nSPS) is 11.0. The SMILES string of the molecule is CCCNC(=O)CN(C)C(=O)c1ccc(C(N)=NO)cn1. The van der Waals surface area contributed by atoms with Gasteiger partial charge >= 0.3 is 0 Å². The number of aromatic nitrogens is 1. The van der Waals surface area contributed by atoms with E-state index in [1.807, 2.05) is 6.92 Å². The van der Waals surface area contributed by atoms with E-state index in [4.69, 9.17) is 10.9 Å². The molecule has 0 aliphatic rings. The van der Waals surface area contributed by atoms with Crippen LogP contribution in [0.4, 0.5) is 0 Å². The maximum absolute atomic E-state index is 12.1. The summed E-state index contributed by atoms with van der Waals surface area (Å²) in [5.74, 6) is -0.692. The van der Waals surface area contributed by atoms with E-state index in [1.54, 1.807) is 0 Å². The smallest absolute Gasteiger partial charge is 0.272 e. The Morgan fingerprint density at radius 3 is 2.71 bits per heavy atom. The van der Waals surface area contributed by atoms with Gasteiger partial charge in [0.1, 0.15) is 5.69 Å². The number of nitrogens with two attached hydrogens (primary N) is 1. The van der Waals surface area contributed by atoms with Crippen molar-refractivity contribution in [2.45, 2.75) is 13.3 Å². The Kier molecular flexibility index (Phi) is 6.12. The number of pyridine rings is 1. The lowest BCUT2D eigenvalue weighted by molar-refractivity contribution is -0.121. The highest BCUT2D eigenvalue weighted by molar-refractivity contribution is 5.98. The van der Waals surface area contributed by atoms with Crippen LogP contribution in [-0.2, 0) is 4.79 Å². The lowest BCUT2D eigenvalue weighted by Gasteiger charge is -2.16.